The number of hydrogen-bond acceptors (Lipinski definition) is 3. The lowest BCUT2D eigenvalue weighted by atomic mass is 10.1. The number of carbonyl (C=O) groups excluding carboxylic acids is 1. The predicted molar refractivity (Wildman–Crippen MR) is 72.0 cm³/mol. The van der Waals surface area contributed by atoms with Gasteiger partial charge in [0.2, 0.25) is 0 Å². The number of likely N-dealkylation sites (tertiary alicyclic amines) is 1. The Kier molecular flexibility index (Phi) is 4.42. The first-order valence-electron chi connectivity index (χ1n) is 5.95. The third-order valence-corrected chi connectivity index (χ3v) is 3.54. The molecule has 0 aromatic heterocycles. The number of carbonyl (C=O) groups is 2. The number of hydrogen-bond donors (Lipinski definition) is 1. The number of carboxylic acids is 1. The highest BCUT2D eigenvalue weighted by atomic mass is 79.9. The summed E-state index contributed by atoms with van der Waals surface area (Å²) < 4.78 is 6.27. The van der Waals surface area contributed by atoms with Gasteiger partial charge in [0.05, 0.1) is 5.92 Å². The van der Waals surface area contributed by atoms with Gasteiger partial charge in [-0.2, -0.15) is 0 Å². The Bertz CT molecular complexity index is 491. The number of ether oxygens (including phenoxy) is 1. The highest BCUT2D eigenvalue weighted by Crippen LogP contribution is 2.19. The van der Waals surface area contributed by atoms with Crippen molar-refractivity contribution in [2.24, 2.45) is 5.92 Å². The molecule has 0 spiro atoms. The van der Waals surface area contributed by atoms with Gasteiger partial charge in [0.15, 0.2) is 6.61 Å². The maximum atomic E-state index is 11.9. The first kappa shape index (κ1) is 13.9. The zero-order valence-electron chi connectivity index (χ0n) is 10.2. The maximum Gasteiger partial charge on any atom is 0.308 e. The van der Waals surface area contributed by atoms with Crippen molar-refractivity contribution in [1.29, 1.82) is 0 Å². The third-order valence-electron chi connectivity index (χ3n) is 3.05. The first-order valence-corrected chi connectivity index (χ1v) is 6.74. The predicted octanol–water partition coefficient (Wildman–Crippen LogP) is 1.76. The summed E-state index contributed by atoms with van der Waals surface area (Å²) in [5, 5.41) is 8.88. The second kappa shape index (κ2) is 6.06. The Morgan fingerprint density at radius 3 is 2.89 bits per heavy atom. The molecule has 0 radical (unpaired) electrons. The summed E-state index contributed by atoms with van der Waals surface area (Å²) in [5.41, 5.74) is 0. The van der Waals surface area contributed by atoms with Gasteiger partial charge in [-0.3, -0.25) is 9.59 Å². The molecule has 0 saturated carbocycles. The third kappa shape index (κ3) is 3.70. The summed E-state index contributed by atoms with van der Waals surface area (Å²) in [6.07, 6.45) is 0.512. The van der Waals surface area contributed by atoms with Crippen LogP contribution in [0, 0.1) is 5.92 Å². The van der Waals surface area contributed by atoms with Gasteiger partial charge in [-0.25, -0.2) is 0 Å². The van der Waals surface area contributed by atoms with E-state index in [-0.39, 0.29) is 19.1 Å². The van der Waals surface area contributed by atoms with Crippen LogP contribution >= 0.6 is 15.9 Å². The summed E-state index contributed by atoms with van der Waals surface area (Å²) in [6, 6.07) is 7.23. The number of benzene rings is 1. The Hall–Kier alpha value is -1.56. The van der Waals surface area contributed by atoms with Crippen LogP contribution in [0.2, 0.25) is 0 Å². The molecule has 0 aliphatic carbocycles. The molecule has 1 aromatic carbocycles. The molecule has 6 heteroatoms. The molecule has 1 fully saturated rings. The molecule has 0 bridgehead atoms. The van der Waals surface area contributed by atoms with E-state index >= 15 is 0 Å². The van der Waals surface area contributed by atoms with Gasteiger partial charge in [-0.1, -0.05) is 22.0 Å². The number of rotatable bonds is 4. The molecule has 1 amide bonds. The van der Waals surface area contributed by atoms with Crippen molar-refractivity contribution in [2.75, 3.05) is 19.7 Å². The summed E-state index contributed by atoms with van der Waals surface area (Å²) >= 11 is 3.32. The molecule has 1 saturated heterocycles. The van der Waals surface area contributed by atoms with E-state index in [2.05, 4.69) is 15.9 Å². The van der Waals surface area contributed by atoms with E-state index in [4.69, 9.17) is 9.84 Å². The van der Waals surface area contributed by atoms with Crippen molar-refractivity contribution >= 4 is 27.8 Å². The van der Waals surface area contributed by atoms with Crippen molar-refractivity contribution in [3.8, 4) is 5.75 Å². The van der Waals surface area contributed by atoms with E-state index in [0.717, 1.165) is 4.47 Å². The largest absolute Gasteiger partial charge is 0.484 e. The standard InChI is InChI=1S/C13H14BrNO4/c14-10-2-1-3-11(6-10)19-8-12(16)15-5-4-9(7-15)13(17)18/h1-3,6,9H,4-5,7-8H2,(H,17,18). The van der Waals surface area contributed by atoms with E-state index in [1.165, 1.54) is 4.90 Å². The van der Waals surface area contributed by atoms with E-state index in [9.17, 15) is 9.59 Å². The van der Waals surface area contributed by atoms with E-state index in [0.29, 0.717) is 18.7 Å². The first-order chi connectivity index (χ1) is 9.06. The maximum absolute atomic E-state index is 11.9. The zero-order valence-corrected chi connectivity index (χ0v) is 11.8. The molecule has 1 atom stereocenters. The van der Waals surface area contributed by atoms with E-state index < -0.39 is 11.9 Å². The Morgan fingerprint density at radius 2 is 2.26 bits per heavy atom. The highest BCUT2D eigenvalue weighted by molar-refractivity contribution is 9.10. The molecule has 5 nitrogen and oxygen atoms in total. The van der Waals surface area contributed by atoms with Crippen molar-refractivity contribution in [2.45, 2.75) is 6.42 Å². The number of nitrogens with zero attached hydrogens (tertiary/aromatic N) is 1. The van der Waals surface area contributed by atoms with Crippen LogP contribution in [0.5, 0.6) is 5.75 Å². The van der Waals surface area contributed by atoms with Crippen molar-refractivity contribution in [3.63, 3.8) is 0 Å². The highest BCUT2D eigenvalue weighted by Gasteiger charge is 2.30. The number of carboxylic acid groups (broad SMARTS) is 1. The van der Waals surface area contributed by atoms with Gasteiger partial charge >= 0.3 is 5.97 Å². The number of amides is 1. The zero-order chi connectivity index (χ0) is 13.8. The van der Waals surface area contributed by atoms with Gasteiger partial charge < -0.3 is 14.7 Å². The van der Waals surface area contributed by atoms with Crippen LogP contribution in [0.1, 0.15) is 6.42 Å². The number of aliphatic carboxylic acids is 1. The lowest BCUT2D eigenvalue weighted by Crippen LogP contribution is -2.33. The smallest absolute Gasteiger partial charge is 0.308 e. The van der Waals surface area contributed by atoms with Gasteiger partial charge in [0, 0.05) is 17.6 Å². The summed E-state index contributed by atoms with van der Waals surface area (Å²) in [4.78, 5) is 24.2. The summed E-state index contributed by atoms with van der Waals surface area (Å²) in [7, 11) is 0. The molecular weight excluding hydrogens is 314 g/mol. The van der Waals surface area contributed by atoms with Crippen LogP contribution in [-0.2, 0) is 9.59 Å². The molecule has 1 heterocycles. The fraction of sp³-hybridized carbons (Fsp3) is 0.385. The Morgan fingerprint density at radius 1 is 1.47 bits per heavy atom. The summed E-state index contributed by atoms with van der Waals surface area (Å²) in [5.74, 6) is -0.863. The van der Waals surface area contributed by atoms with Crippen LogP contribution < -0.4 is 4.74 Å². The van der Waals surface area contributed by atoms with Crippen LogP contribution in [0.25, 0.3) is 0 Å². The SMILES string of the molecule is O=C(O)C1CCN(C(=O)COc2cccc(Br)c2)C1. The topological polar surface area (TPSA) is 66.8 Å². The van der Waals surface area contributed by atoms with Crippen molar-refractivity contribution in [1.82, 2.24) is 4.90 Å². The Labute approximate surface area is 119 Å². The quantitative estimate of drug-likeness (QED) is 0.915. The molecule has 1 aliphatic heterocycles. The summed E-state index contributed by atoms with van der Waals surface area (Å²) in [6.45, 7) is 0.691. The average Bonchev–Trinajstić information content (AvgIpc) is 2.86. The number of halogens is 1. The second-order valence-electron chi connectivity index (χ2n) is 4.41. The minimum atomic E-state index is -0.844. The fourth-order valence-corrected chi connectivity index (χ4v) is 2.36. The van der Waals surface area contributed by atoms with Crippen LogP contribution in [0.3, 0.4) is 0 Å². The fourth-order valence-electron chi connectivity index (χ4n) is 1.98. The molecule has 1 aliphatic rings. The van der Waals surface area contributed by atoms with Crippen molar-refractivity contribution < 1.29 is 19.4 Å². The normalized spacial score (nSPS) is 18.4. The molecule has 1 unspecified atom stereocenters. The van der Waals surface area contributed by atoms with Gasteiger partial charge in [-0.05, 0) is 24.6 Å². The monoisotopic (exact) mass is 327 g/mol. The lowest BCUT2D eigenvalue weighted by Gasteiger charge is -2.16. The Balaban J connectivity index is 1.84. The van der Waals surface area contributed by atoms with Crippen LogP contribution in [0.15, 0.2) is 28.7 Å². The van der Waals surface area contributed by atoms with E-state index in [1.807, 2.05) is 12.1 Å². The van der Waals surface area contributed by atoms with Gasteiger partial charge in [-0.15, -0.1) is 0 Å². The molecule has 102 valence electrons. The van der Waals surface area contributed by atoms with Gasteiger partial charge in [0.1, 0.15) is 5.75 Å². The van der Waals surface area contributed by atoms with Crippen LogP contribution in [-0.4, -0.2) is 41.6 Å². The lowest BCUT2D eigenvalue weighted by molar-refractivity contribution is -0.141. The van der Waals surface area contributed by atoms with Crippen LogP contribution in [0.4, 0.5) is 0 Å². The average molecular weight is 328 g/mol. The van der Waals surface area contributed by atoms with Gasteiger partial charge in [0.25, 0.3) is 5.91 Å². The molecule has 2 rings (SSSR count). The molecule has 1 N–H and O–H groups in total. The second-order valence-corrected chi connectivity index (χ2v) is 5.33. The minimum Gasteiger partial charge on any atom is -0.484 e. The molecule has 19 heavy (non-hydrogen) atoms. The molecular formula is C13H14BrNO4. The van der Waals surface area contributed by atoms with Crippen molar-refractivity contribution in [3.05, 3.63) is 28.7 Å². The molecule has 1 aromatic rings. The van der Waals surface area contributed by atoms with E-state index in [1.54, 1.807) is 12.1 Å². The minimum absolute atomic E-state index is 0.0667.